The molecule has 11 atom stereocenters. The Morgan fingerprint density at radius 2 is 1.88 bits per heavy atom. The van der Waals surface area contributed by atoms with Gasteiger partial charge in [0.15, 0.2) is 6.29 Å². The van der Waals surface area contributed by atoms with Gasteiger partial charge in [-0.3, -0.25) is 4.79 Å². The predicted octanol–water partition coefficient (Wildman–Crippen LogP) is -2.65. The van der Waals surface area contributed by atoms with Crippen LogP contribution in [0.1, 0.15) is 26.7 Å². The van der Waals surface area contributed by atoms with Crippen LogP contribution in [-0.4, -0.2) is 110 Å². The topological polar surface area (TPSA) is 196 Å². The smallest absolute Gasteiger partial charge is 0.311 e. The molecule has 1 saturated heterocycles. The van der Waals surface area contributed by atoms with E-state index in [1.807, 2.05) is 6.92 Å². The second kappa shape index (κ2) is 10.5. The van der Waals surface area contributed by atoms with Crippen LogP contribution in [0.5, 0.6) is 0 Å². The van der Waals surface area contributed by atoms with Gasteiger partial charge in [0.25, 0.3) is 0 Å². The third-order valence-corrected chi connectivity index (χ3v) is 6.95. The lowest BCUT2D eigenvalue weighted by molar-refractivity contribution is -0.299. The normalized spacial score (nSPS) is 43.9. The molecule has 1 saturated carbocycles. The number of aliphatic hydroxyl groups is 7. The fourth-order valence-corrected chi connectivity index (χ4v) is 4.53. The van der Waals surface area contributed by atoms with E-state index in [9.17, 15) is 40.5 Å². The summed E-state index contributed by atoms with van der Waals surface area (Å²) in [6.45, 7) is 1.86. The first kappa shape index (κ1) is 26.3. The Bertz CT molecular complexity index is 713. The SMILES string of the molecule is CCC(C)C(=O)O[C@@H]1OC=C(CO[C@@H]2O[C@H](CO)[C@@H](O)[C@H](O)[C@H]2O)[C@H]2C[C@H](O)[C@](O)(CO)[C@@H]12. The van der Waals surface area contributed by atoms with E-state index in [1.54, 1.807) is 6.92 Å². The van der Waals surface area contributed by atoms with Crippen LogP contribution in [-0.2, 0) is 23.7 Å². The fourth-order valence-electron chi connectivity index (χ4n) is 4.53. The van der Waals surface area contributed by atoms with Crippen LogP contribution in [0.3, 0.4) is 0 Å². The summed E-state index contributed by atoms with van der Waals surface area (Å²) in [4.78, 5) is 12.3. The zero-order valence-electron chi connectivity index (χ0n) is 18.6. The van der Waals surface area contributed by atoms with Crippen molar-refractivity contribution >= 4 is 5.97 Å². The van der Waals surface area contributed by atoms with Crippen LogP contribution in [0.4, 0.5) is 0 Å². The van der Waals surface area contributed by atoms with Gasteiger partial charge in [0, 0.05) is 5.92 Å². The summed E-state index contributed by atoms with van der Waals surface area (Å²) in [6, 6.07) is 0. The molecule has 3 aliphatic rings. The molecule has 33 heavy (non-hydrogen) atoms. The van der Waals surface area contributed by atoms with Gasteiger partial charge in [-0.1, -0.05) is 13.8 Å². The van der Waals surface area contributed by atoms with Crippen molar-refractivity contribution < 1.29 is 59.5 Å². The highest BCUT2D eigenvalue weighted by molar-refractivity contribution is 5.72. The molecule has 190 valence electrons. The maximum atomic E-state index is 12.3. The van der Waals surface area contributed by atoms with E-state index in [0.717, 1.165) is 0 Å². The minimum atomic E-state index is -1.99. The van der Waals surface area contributed by atoms with E-state index in [1.165, 1.54) is 6.26 Å². The molecular formula is C21H34O12. The fraction of sp³-hybridized carbons (Fsp3) is 0.857. The van der Waals surface area contributed by atoms with E-state index in [-0.39, 0.29) is 13.0 Å². The Morgan fingerprint density at radius 3 is 2.48 bits per heavy atom. The highest BCUT2D eigenvalue weighted by Crippen LogP contribution is 2.49. The number of hydrogen-bond acceptors (Lipinski definition) is 12. The van der Waals surface area contributed by atoms with E-state index < -0.39 is 85.6 Å². The molecule has 0 aromatic heterocycles. The molecule has 1 aliphatic carbocycles. The van der Waals surface area contributed by atoms with Crippen molar-refractivity contribution in [2.45, 2.75) is 75.4 Å². The van der Waals surface area contributed by atoms with Crippen LogP contribution >= 0.6 is 0 Å². The van der Waals surface area contributed by atoms with Crippen molar-refractivity contribution in [3.8, 4) is 0 Å². The molecular weight excluding hydrogens is 444 g/mol. The van der Waals surface area contributed by atoms with Crippen LogP contribution in [0.2, 0.25) is 0 Å². The zero-order valence-corrected chi connectivity index (χ0v) is 18.6. The summed E-state index contributed by atoms with van der Waals surface area (Å²) in [5.41, 5.74) is -1.57. The van der Waals surface area contributed by atoms with Gasteiger partial charge < -0.3 is 54.7 Å². The largest absolute Gasteiger partial charge is 0.462 e. The monoisotopic (exact) mass is 478 g/mol. The number of ether oxygens (including phenoxy) is 4. The zero-order chi connectivity index (χ0) is 24.5. The third-order valence-electron chi connectivity index (χ3n) is 6.95. The number of carbonyl (C=O) groups excluding carboxylic acids is 1. The second-order valence-electron chi connectivity index (χ2n) is 8.98. The van der Waals surface area contributed by atoms with Crippen LogP contribution in [0, 0.1) is 17.8 Å². The van der Waals surface area contributed by atoms with Gasteiger partial charge in [-0.15, -0.1) is 0 Å². The summed E-state index contributed by atoms with van der Waals surface area (Å²) in [6.07, 6.45) is -8.03. The Hall–Kier alpha value is -1.35. The standard InChI is InChI=1S/C21H34O12/c1-3-9(2)18(28)33-19-14-11(4-13(24)21(14,29)8-23)10(6-30-19)7-31-20-17(27)16(26)15(25)12(5-22)32-20/h6,9,11-17,19-20,22-27,29H,3-5,7-8H2,1-2H3/t9?,11-,12-,13+,14-,15-,16+,17-,19+,20-,21-/m1/s1. The Morgan fingerprint density at radius 1 is 1.18 bits per heavy atom. The first-order valence-electron chi connectivity index (χ1n) is 11.1. The van der Waals surface area contributed by atoms with Gasteiger partial charge in [-0.05, 0) is 18.4 Å². The first-order valence-corrected chi connectivity index (χ1v) is 11.1. The van der Waals surface area contributed by atoms with Crippen LogP contribution in [0.15, 0.2) is 11.8 Å². The predicted molar refractivity (Wildman–Crippen MR) is 108 cm³/mol. The average molecular weight is 478 g/mol. The van der Waals surface area contributed by atoms with Crippen molar-refractivity contribution in [2.24, 2.45) is 17.8 Å². The quantitative estimate of drug-likeness (QED) is 0.179. The van der Waals surface area contributed by atoms with Crippen LogP contribution < -0.4 is 0 Å². The van der Waals surface area contributed by atoms with Gasteiger partial charge in [-0.25, -0.2) is 0 Å². The van der Waals surface area contributed by atoms with Crippen molar-refractivity contribution in [2.75, 3.05) is 19.8 Å². The molecule has 0 aromatic rings. The molecule has 1 unspecified atom stereocenters. The molecule has 2 aliphatic heterocycles. The third kappa shape index (κ3) is 4.90. The lowest BCUT2D eigenvalue weighted by atomic mass is 9.80. The second-order valence-corrected chi connectivity index (χ2v) is 8.98. The number of esters is 1. The lowest BCUT2D eigenvalue weighted by Crippen LogP contribution is -2.59. The van der Waals surface area contributed by atoms with E-state index >= 15 is 0 Å². The van der Waals surface area contributed by atoms with E-state index in [4.69, 9.17) is 18.9 Å². The Balaban J connectivity index is 1.76. The van der Waals surface area contributed by atoms with Crippen molar-refractivity contribution in [1.82, 2.24) is 0 Å². The van der Waals surface area contributed by atoms with Gasteiger partial charge >= 0.3 is 5.97 Å². The summed E-state index contributed by atoms with van der Waals surface area (Å²) < 4.78 is 21.9. The number of fused-ring (bicyclic) bond motifs is 1. The molecule has 12 heteroatoms. The number of hydrogen-bond donors (Lipinski definition) is 7. The number of rotatable bonds is 8. The van der Waals surface area contributed by atoms with Gasteiger partial charge in [0.2, 0.25) is 6.29 Å². The van der Waals surface area contributed by atoms with Crippen molar-refractivity contribution in [3.63, 3.8) is 0 Å². The van der Waals surface area contributed by atoms with E-state index in [0.29, 0.717) is 12.0 Å². The van der Waals surface area contributed by atoms with E-state index in [2.05, 4.69) is 0 Å². The molecule has 0 aromatic carbocycles. The minimum absolute atomic E-state index is 0.0202. The summed E-state index contributed by atoms with van der Waals surface area (Å²) in [5, 5.41) is 70.5. The molecule has 0 amide bonds. The lowest BCUT2D eigenvalue weighted by Gasteiger charge is -2.41. The number of aliphatic hydroxyl groups excluding tert-OH is 6. The maximum absolute atomic E-state index is 12.3. The molecule has 2 fully saturated rings. The highest BCUT2D eigenvalue weighted by atomic mass is 16.7. The summed E-state index contributed by atoms with van der Waals surface area (Å²) in [5.74, 6) is -2.56. The molecule has 2 heterocycles. The molecule has 7 N–H and O–H groups in total. The molecule has 0 spiro atoms. The van der Waals surface area contributed by atoms with Gasteiger partial charge in [0.1, 0.15) is 30.0 Å². The van der Waals surface area contributed by atoms with Gasteiger partial charge in [-0.2, -0.15) is 0 Å². The molecule has 3 rings (SSSR count). The average Bonchev–Trinajstić information content (AvgIpc) is 3.08. The van der Waals surface area contributed by atoms with Crippen molar-refractivity contribution in [3.05, 3.63) is 11.8 Å². The molecule has 12 nitrogen and oxygen atoms in total. The van der Waals surface area contributed by atoms with Crippen molar-refractivity contribution in [1.29, 1.82) is 0 Å². The Kier molecular flexibility index (Phi) is 8.36. The highest BCUT2D eigenvalue weighted by Gasteiger charge is 2.60. The van der Waals surface area contributed by atoms with Gasteiger partial charge in [0.05, 0.1) is 44.0 Å². The summed E-state index contributed by atoms with van der Waals surface area (Å²) >= 11 is 0. The summed E-state index contributed by atoms with van der Waals surface area (Å²) in [7, 11) is 0. The maximum Gasteiger partial charge on any atom is 0.311 e. The Labute approximate surface area is 191 Å². The number of carbonyl (C=O) groups is 1. The first-order chi connectivity index (χ1) is 15.6. The minimum Gasteiger partial charge on any atom is -0.462 e. The molecule has 0 bridgehead atoms. The van der Waals surface area contributed by atoms with Crippen LogP contribution in [0.25, 0.3) is 0 Å². The molecule has 0 radical (unpaired) electrons.